The van der Waals surface area contributed by atoms with Crippen LogP contribution in [0.1, 0.15) is 59.8 Å². The van der Waals surface area contributed by atoms with Crippen LogP contribution in [0.3, 0.4) is 0 Å². The predicted octanol–water partition coefficient (Wildman–Crippen LogP) is 1.52. The molecule has 0 aromatic heterocycles. The van der Waals surface area contributed by atoms with Gasteiger partial charge in [-0.2, -0.15) is 0 Å². The average Bonchev–Trinajstić information content (AvgIpc) is 2.96. The molecule has 0 bridgehead atoms. The highest BCUT2D eigenvalue weighted by Gasteiger charge is 2.29. The standard InChI is InChI=1S/C11H20N2O4.2C2H6/c14-5-3-1-2-4-10(15)13-8-6-9(11(16)17)12-7-8;2*1-2/h8-9,12,14H,1-7H2,(H,13,15)(H,16,17);2*1-2H3. The molecule has 4 N–H and O–H groups in total. The number of hydrogen-bond donors (Lipinski definition) is 4. The number of aliphatic hydroxyl groups excluding tert-OH is 1. The van der Waals surface area contributed by atoms with Crippen LogP contribution in [0.15, 0.2) is 0 Å². The number of carbonyl (C=O) groups excluding carboxylic acids is 1. The molecule has 1 aliphatic heterocycles. The SMILES string of the molecule is CC.CC.O=C(CCCCCO)NC1CNC(C(=O)O)C1. The molecule has 1 saturated heterocycles. The van der Waals surface area contributed by atoms with Crippen LogP contribution in [-0.2, 0) is 9.59 Å². The first-order valence-electron chi connectivity index (χ1n) is 8.00. The van der Waals surface area contributed by atoms with Gasteiger partial charge >= 0.3 is 5.97 Å². The lowest BCUT2D eigenvalue weighted by atomic mass is 10.1. The minimum absolute atomic E-state index is 0.0409. The molecule has 2 unspecified atom stereocenters. The van der Waals surface area contributed by atoms with Gasteiger partial charge in [-0.25, -0.2) is 0 Å². The van der Waals surface area contributed by atoms with Gasteiger partial charge in [0.2, 0.25) is 5.91 Å². The lowest BCUT2D eigenvalue weighted by Crippen LogP contribution is -2.36. The van der Waals surface area contributed by atoms with Crippen molar-refractivity contribution in [3.8, 4) is 0 Å². The first-order chi connectivity index (χ1) is 10.1. The summed E-state index contributed by atoms with van der Waals surface area (Å²) in [6.45, 7) is 8.67. The predicted molar refractivity (Wildman–Crippen MR) is 84.2 cm³/mol. The molecule has 0 aliphatic carbocycles. The van der Waals surface area contributed by atoms with Crippen molar-refractivity contribution in [2.45, 2.75) is 71.9 Å². The van der Waals surface area contributed by atoms with E-state index in [2.05, 4.69) is 10.6 Å². The van der Waals surface area contributed by atoms with E-state index < -0.39 is 12.0 Å². The maximum atomic E-state index is 11.5. The normalized spacial score (nSPS) is 19.7. The zero-order valence-corrected chi connectivity index (χ0v) is 13.8. The second-order valence-corrected chi connectivity index (χ2v) is 4.33. The number of carboxylic acid groups (broad SMARTS) is 1. The molecule has 0 aromatic rings. The van der Waals surface area contributed by atoms with Crippen molar-refractivity contribution in [3.63, 3.8) is 0 Å². The van der Waals surface area contributed by atoms with E-state index >= 15 is 0 Å². The molecule has 0 spiro atoms. The largest absolute Gasteiger partial charge is 0.480 e. The Morgan fingerprint density at radius 1 is 1.14 bits per heavy atom. The second kappa shape index (κ2) is 15.3. The smallest absolute Gasteiger partial charge is 0.320 e. The Kier molecular flexibility index (Phi) is 16.1. The summed E-state index contributed by atoms with van der Waals surface area (Å²) in [4.78, 5) is 22.2. The first kappa shape index (κ1) is 22.1. The van der Waals surface area contributed by atoms with Crippen molar-refractivity contribution < 1.29 is 19.8 Å². The van der Waals surface area contributed by atoms with Crippen LogP contribution >= 0.6 is 0 Å². The molecule has 1 amide bonds. The van der Waals surface area contributed by atoms with E-state index in [1.54, 1.807) is 0 Å². The monoisotopic (exact) mass is 304 g/mol. The minimum atomic E-state index is -0.871. The third-order valence-corrected chi connectivity index (χ3v) is 2.86. The summed E-state index contributed by atoms with van der Waals surface area (Å²) in [5.74, 6) is -0.912. The van der Waals surface area contributed by atoms with Crippen molar-refractivity contribution in [3.05, 3.63) is 0 Å². The van der Waals surface area contributed by atoms with Crippen LogP contribution in [0, 0.1) is 0 Å². The molecule has 0 saturated carbocycles. The molecular formula is C15H32N2O4. The summed E-state index contributed by atoms with van der Waals surface area (Å²) < 4.78 is 0. The van der Waals surface area contributed by atoms with Gasteiger partial charge < -0.3 is 20.8 Å². The van der Waals surface area contributed by atoms with Gasteiger partial charge in [0.05, 0.1) is 0 Å². The van der Waals surface area contributed by atoms with E-state index in [0.717, 1.165) is 19.3 Å². The maximum Gasteiger partial charge on any atom is 0.320 e. The summed E-state index contributed by atoms with van der Waals surface area (Å²) >= 11 is 0. The molecule has 1 heterocycles. The van der Waals surface area contributed by atoms with Crippen LogP contribution in [-0.4, -0.2) is 47.3 Å². The Morgan fingerprint density at radius 3 is 2.24 bits per heavy atom. The van der Waals surface area contributed by atoms with Gasteiger partial charge in [0.25, 0.3) is 0 Å². The van der Waals surface area contributed by atoms with Crippen LogP contribution in [0.2, 0.25) is 0 Å². The Balaban J connectivity index is 0. The molecule has 0 radical (unpaired) electrons. The summed E-state index contributed by atoms with van der Waals surface area (Å²) in [6.07, 6.45) is 3.20. The van der Waals surface area contributed by atoms with Gasteiger partial charge in [-0.15, -0.1) is 0 Å². The molecule has 6 nitrogen and oxygen atoms in total. The lowest BCUT2D eigenvalue weighted by Gasteiger charge is -2.11. The van der Waals surface area contributed by atoms with E-state index in [1.807, 2.05) is 27.7 Å². The van der Waals surface area contributed by atoms with Gasteiger partial charge in [0.15, 0.2) is 0 Å². The molecule has 0 aromatic carbocycles. The van der Waals surface area contributed by atoms with E-state index in [1.165, 1.54) is 0 Å². The Labute approximate surface area is 128 Å². The third-order valence-electron chi connectivity index (χ3n) is 2.86. The van der Waals surface area contributed by atoms with Gasteiger partial charge in [-0.1, -0.05) is 34.1 Å². The van der Waals surface area contributed by atoms with Crippen LogP contribution in [0.5, 0.6) is 0 Å². The van der Waals surface area contributed by atoms with Crippen molar-refractivity contribution in [1.82, 2.24) is 10.6 Å². The van der Waals surface area contributed by atoms with Crippen molar-refractivity contribution in [2.24, 2.45) is 0 Å². The number of aliphatic hydroxyl groups is 1. The van der Waals surface area contributed by atoms with Gasteiger partial charge in [-0.05, 0) is 19.3 Å². The number of rotatable bonds is 7. The van der Waals surface area contributed by atoms with Crippen molar-refractivity contribution in [1.29, 1.82) is 0 Å². The zero-order valence-electron chi connectivity index (χ0n) is 13.8. The Hall–Kier alpha value is -1.14. The second-order valence-electron chi connectivity index (χ2n) is 4.33. The summed E-state index contributed by atoms with van der Waals surface area (Å²) in [7, 11) is 0. The number of nitrogens with one attached hydrogen (secondary N) is 2. The quantitative estimate of drug-likeness (QED) is 0.535. The maximum absolute atomic E-state index is 11.5. The molecule has 2 atom stereocenters. The molecule has 1 rings (SSSR count). The van der Waals surface area contributed by atoms with Crippen molar-refractivity contribution >= 4 is 11.9 Å². The highest BCUT2D eigenvalue weighted by atomic mass is 16.4. The molecule has 1 fully saturated rings. The summed E-state index contributed by atoms with van der Waals surface area (Å²) in [5, 5.41) is 23.0. The first-order valence-corrected chi connectivity index (χ1v) is 8.00. The number of unbranched alkanes of at least 4 members (excludes halogenated alkanes) is 2. The van der Waals surface area contributed by atoms with E-state index in [-0.39, 0.29) is 18.6 Å². The van der Waals surface area contributed by atoms with E-state index in [4.69, 9.17) is 10.2 Å². The fraction of sp³-hybridized carbons (Fsp3) is 0.867. The highest BCUT2D eigenvalue weighted by Crippen LogP contribution is 2.07. The molecular weight excluding hydrogens is 272 g/mol. The van der Waals surface area contributed by atoms with Gasteiger partial charge in [-0.3, -0.25) is 9.59 Å². The Morgan fingerprint density at radius 2 is 1.76 bits per heavy atom. The highest BCUT2D eigenvalue weighted by molar-refractivity contribution is 5.77. The number of amides is 1. The topological polar surface area (TPSA) is 98.7 Å². The third kappa shape index (κ3) is 11.2. The fourth-order valence-corrected chi connectivity index (χ4v) is 1.91. The molecule has 21 heavy (non-hydrogen) atoms. The summed E-state index contributed by atoms with van der Waals surface area (Å²) in [6, 6.07) is -0.629. The molecule has 6 heteroatoms. The number of carbonyl (C=O) groups is 2. The Bertz CT molecular complexity index is 272. The van der Waals surface area contributed by atoms with E-state index in [9.17, 15) is 9.59 Å². The average molecular weight is 304 g/mol. The van der Waals surface area contributed by atoms with Crippen LogP contribution in [0.4, 0.5) is 0 Å². The van der Waals surface area contributed by atoms with Crippen LogP contribution < -0.4 is 10.6 Å². The van der Waals surface area contributed by atoms with Gasteiger partial charge in [0, 0.05) is 25.6 Å². The number of aliphatic carboxylic acids is 1. The summed E-state index contributed by atoms with van der Waals surface area (Å²) in [5.41, 5.74) is 0. The van der Waals surface area contributed by atoms with Crippen molar-refractivity contribution in [2.75, 3.05) is 13.2 Å². The van der Waals surface area contributed by atoms with Gasteiger partial charge in [0.1, 0.15) is 6.04 Å². The van der Waals surface area contributed by atoms with Crippen LogP contribution in [0.25, 0.3) is 0 Å². The number of hydrogen-bond acceptors (Lipinski definition) is 4. The fourth-order valence-electron chi connectivity index (χ4n) is 1.91. The van der Waals surface area contributed by atoms with E-state index in [0.29, 0.717) is 19.4 Å². The zero-order chi connectivity index (χ0) is 16.7. The number of carboxylic acids is 1. The molecule has 1 aliphatic rings. The minimum Gasteiger partial charge on any atom is -0.480 e. The molecule has 126 valence electrons. The lowest BCUT2D eigenvalue weighted by molar-refractivity contribution is -0.139.